The van der Waals surface area contributed by atoms with Crippen LogP contribution in [0.15, 0.2) is 34.8 Å². The summed E-state index contributed by atoms with van der Waals surface area (Å²) >= 11 is 0. The number of allylic oxidation sites excluding steroid dienone is 2. The van der Waals surface area contributed by atoms with Crippen LogP contribution in [0.4, 0.5) is 5.69 Å². The molecule has 1 heterocycles. The second-order valence-electron chi connectivity index (χ2n) is 7.07. The molecule has 0 radical (unpaired) electrons. The van der Waals surface area contributed by atoms with Gasteiger partial charge in [-0.3, -0.25) is 4.79 Å². The van der Waals surface area contributed by atoms with Crippen LogP contribution in [0.5, 0.6) is 11.5 Å². The fourth-order valence-electron chi connectivity index (χ4n) is 3.44. The standard InChI is InChI=1S/C23H34N2O3/c1-5-8-9-10-11-12-15-25-20-16-17(24)13-14-19(20)21(22(27-4)23(25)26)28-18(6-2)7-3/h6,13-14,16H,5,7-12,15,24H2,1-4H3. The molecule has 2 rings (SSSR count). The molecule has 1 aromatic heterocycles. The lowest BCUT2D eigenvalue weighted by atomic mass is 10.1. The van der Waals surface area contributed by atoms with Crippen molar-refractivity contribution in [3.05, 3.63) is 40.4 Å². The van der Waals surface area contributed by atoms with Crippen molar-refractivity contribution in [3.8, 4) is 11.5 Å². The lowest BCUT2D eigenvalue weighted by molar-refractivity contribution is 0.349. The fraction of sp³-hybridized carbons (Fsp3) is 0.522. The molecule has 5 heteroatoms. The number of nitrogen functional groups attached to an aromatic ring is 1. The lowest BCUT2D eigenvalue weighted by Crippen LogP contribution is -2.23. The predicted octanol–water partition coefficient (Wildman–Crippen LogP) is 5.65. The maximum absolute atomic E-state index is 13.2. The molecule has 154 valence electrons. The van der Waals surface area contributed by atoms with Crippen LogP contribution in [-0.4, -0.2) is 11.7 Å². The molecule has 0 aliphatic carbocycles. The molecule has 0 fully saturated rings. The molecule has 2 N–H and O–H groups in total. The molecule has 0 spiro atoms. The number of nitrogens with two attached hydrogens (primary N) is 1. The number of ether oxygens (including phenoxy) is 2. The number of pyridine rings is 1. The first-order valence-electron chi connectivity index (χ1n) is 10.4. The Morgan fingerprint density at radius 2 is 1.82 bits per heavy atom. The van der Waals surface area contributed by atoms with Crippen LogP contribution in [0.1, 0.15) is 65.7 Å². The molecular weight excluding hydrogens is 352 g/mol. The molecule has 2 aromatic rings. The van der Waals surface area contributed by atoms with E-state index in [1.807, 2.05) is 38.1 Å². The first-order chi connectivity index (χ1) is 13.6. The highest BCUT2D eigenvalue weighted by Crippen LogP contribution is 2.35. The van der Waals surface area contributed by atoms with Gasteiger partial charge in [0.15, 0.2) is 5.75 Å². The van der Waals surface area contributed by atoms with E-state index in [4.69, 9.17) is 15.2 Å². The van der Waals surface area contributed by atoms with Crippen molar-refractivity contribution in [2.75, 3.05) is 12.8 Å². The van der Waals surface area contributed by atoms with Crippen molar-refractivity contribution in [1.82, 2.24) is 4.57 Å². The van der Waals surface area contributed by atoms with Crippen LogP contribution in [0.25, 0.3) is 10.9 Å². The van der Waals surface area contributed by atoms with E-state index in [0.29, 0.717) is 18.0 Å². The van der Waals surface area contributed by atoms with Gasteiger partial charge in [-0.15, -0.1) is 0 Å². The molecule has 0 aliphatic heterocycles. The third-order valence-electron chi connectivity index (χ3n) is 5.05. The fourth-order valence-corrected chi connectivity index (χ4v) is 3.44. The number of fused-ring (bicyclic) bond motifs is 1. The summed E-state index contributed by atoms with van der Waals surface area (Å²) in [7, 11) is 1.52. The minimum absolute atomic E-state index is 0.171. The van der Waals surface area contributed by atoms with Crippen molar-refractivity contribution >= 4 is 16.6 Å². The number of hydrogen-bond acceptors (Lipinski definition) is 4. The number of unbranched alkanes of at least 4 members (excludes halogenated alkanes) is 5. The Labute approximate surface area is 168 Å². The average molecular weight is 387 g/mol. The Morgan fingerprint density at radius 1 is 1.11 bits per heavy atom. The first kappa shape index (κ1) is 21.9. The number of nitrogens with zero attached hydrogens (tertiary/aromatic N) is 1. The Kier molecular flexibility index (Phi) is 8.42. The van der Waals surface area contributed by atoms with Crippen molar-refractivity contribution in [1.29, 1.82) is 0 Å². The van der Waals surface area contributed by atoms with Gasteiger partial charge in [-0.2, -0.15) is 0 Å². The molecule has 0 aliphatic rings. The Balaban J connectivity index is 2.45. The largest absolute Gasteiger partial charge is 0.488 e. The molecule has 28 heavy (non-hydrogen) atoms. The minimum Gasteiger partial charge on any atom is -0.488 e. The monoisotopic (exact) mass is 386 g/mol. The van der Waals surface area contributed by atoms with Crippen LogP contribution in [0.2, 0.25) is 0 Å². The average Bonchev–Trinajstić information content (AvgIpc) is 2.70. The molecule has 5 nitrogen and oxygen atoms in total. The molecule has 0 amide bonds. The lowest BCUT2D eigenvalue weighted by Gasteiger charge is -2.18. The molecule has 1 aromatic carbocycles. The van der Waals surface area contributed by atoms with Crippen molar-refractivity contribution in [2.24, 2.45) is 0 Å². The second-order valence-corrected chi connectivity index (χ2v) is 7.07. The first-order valence-corrected chi connectivity index (χ1v) is 10.4. The second kappa shape index (κ2) is 10.8. The summed E-state index contributed by atoms with van der Waals surface area (Å²) in [5.41, 5.74) is 7.28. The summed E-state index contributed by atoms with van der Waals surface area (Å²) in [6, 6.07) is 5.58. The van der Waals surface area contributed by atoms with Crippen LogP contribution in [0, 0.1) is 0 Å². The number of hydrogen-bond donors (Lipinski definition) is 1. The van der Waals surface area contributed by atoms with Gasteiger partial charge < -0.3 is 19.8 Å². The summed E-state index contributed by atoms with van der Waals surface area (Å²) in [5, 5.41) is 0.837. The molecule has 0 unspecified atom stereocenters. The van der Waals surface area contributed by atoms with Gasteiger partial charge in [-0.1, -0.05) is 46.0 Å². The Morgan fingerprint density at radius 3 is 2.46 bits per heavy atom. The maximum Gasteiger partial charge on any atom is 0.297 e. The smallest absolute Gasteiger partial charge is 0.297 e. The summed E-state index contributed by atoms with van der Waals surface area (Å²) in [6.07, 6.45) is 9.64. The van der Waals surface area contributed by atoms with Gasteiger partial charge in [0, 0.05) is 24.0 Å². The summed E-state index contributed by atoms with van der Waals surface area (Å²) in [5.74, 6) is 1.51. The maximum atomic E-state index is 13.2. The Bertz CT molecular complexity index is 868. The van der Waals surface area contributed by atoms with E-state index in [9.17, 15) is 4.79 Å². The van der Waals surface area contributed by atoms with Gasteiger partial charge in [0.1, 0.15) is 0 Å². The number of rotatable bonds is 11. The zero-order valence-electron chi connectivity index (χ0n) is 17.7. The zero-order valence-corrected chi connectivity index (χ0v) is 17.7. The van der Waals surface area contributed by atoms with Crippen LogP contribution < -0.4 is 20.8 Å². The molecule has 0 saturated carbocycles. The molecule has 0 atom stereocenters. The summed E-state index contributed by atoms with van der Waals surface area (Å²) < 4.78 is 13.3. The summed E-state index contributed by atoms with van der Waals surface area (Å²) in [6.45, 7) is 6.79. The van der Waals surface area contributed by atoms with E-state index >= 15 is 0 Å². The topological polar surface area (TPSA) is 66.5 Å². The molecule has 0 saturated heterocycles. The van der Waals surface area contributed by atoms with Crippen LogP contribution in [0.3, 0.4) is 0 Å². The van der Waals surface area contributed by atoms with Crippen LogP contribution in [-0.2, 0) is 6.54 Å². The van der Waals surface area contributed by atoms with Crippen molar-refractivity contribution < 1.29 is 9.47 Å². The van der Waals surface area contributed by atoms with Gasteiger partial charge in [0.25, 0.3) is 5.56 Å². The molecule has 0 bridgehead atoms. The van der Waals surface area contributed by atoms with Gasteiger partial charge in [-0.25, -0.2) is 0 Å². The minimum atomic E-state index is -0.171. The van der Waals surface area contributed by atoms with Gasteiger partial charge in [-0.05, 0) is 37.6 Å². The van der Waals surface area contributed by atoms with E-state index < -0.39 is 0 Å². The number of aromatic nitrogens is 1. The van der Waals surface area contributed by atoms with Gasteiger partial charge in [0.2, 0.25) is 5.75 Å². The summed E-state index contributed by atoms with van der Waals surface area (Å²) in [4.78, 5) is 13.2. The SMILES string of the molecule is CC=C(CC)Oc1c(OC)c(=O)n(CCCCCCCC)c2cc(N)ccc12. The van der Waals surface area contributed by atoms with E-state index in [1.54, 1.807) is 4.57 Å². The number of aryl methyl sites for hydroxylation is 1. The number of anilines is 1. The molecular formula is C23H34N2O3. The van der Waals surface area contributed by atoms with Gasteiger partial charge in [0.05, 0.1) is 18.4 Å². The number of benzene rings is 1. The quantitative estimate of drug-likeness (QED) is 0.308. The van der Waals surface area contributed by atoms with Gasteiger partial charge >= 0.3 is 0 Å². The van der Waals surface area contributed by atoms with E-state index in [0.717, 1.165) is 35.9 Å². The van der Waals surface area contributed by atoms with Crippen molar-refractivity contribution in [2.45, 2.75) is 72.3 Å². The van der Waals surface area contributed by atoms with E-state index in [1.165, 1.54) is 32.8 Å². The van der Waals surface area contributed by atoms with E-state index in [-0.39, 0.29) is 11.3 Å². The van der Waals surface area contributed by atoms with Crippen molar-refractivity contribution in [3.63, 3.8) is 0 Å². The normalized spacial score (nSPS) is 11.8. The zero-order chi connectivity index (χ0) is 20.5. The Hall–Kier alpha value is -2.43. The highest BCUT2D eigenvalue weighted by molar-refractivity contribution is 5.90. The highest BCUT2D eigenvalue weighted by atomic mass is 16.5. The third kappa shape index (κ3) is 5.09. The predicted molar refractivity (Wildman–Crippen MR) is 117 cm³/mol. The van der Waals surface area contributed by atoms with E-state index in [2.05, 4.69) is 6.92 Å². The number of methoxy groups -OCH3 is 1. The van der Waals surface area contributed by atoms with Crippen LogP contribution >= 0.6 is 0 Å². The third-order valence-corrected chi connectivity index (χ3v) is 5.05. The highest BCUT2D eigenvalue weighted by Gasteiger charge is 2.20.